The molecule has 9 nitrogen and oxygen atoms in total. The van der Waals surface area contributed by atoms with Crippen LogP contribution >= 0.6 is 27.7 Å². The van der Waals surface area contributed by atoms with Crippen molar-refractivity contribution in [2.45, 2.75) is 17.5 Å². The molecule has 11 heteroatoms. The van der Waals surface area contributed by atoms with Crippen LogP contribution in [-0.4, -0.2) is 45.1 Å². The molecule has 0 spiro atoms. The van der Waals surface area contributed by atoms with E-state index in [9.17, 15) is 14.4 Å². The SMILES string of the molecule is COCCNC(=O)c1ccc(Cn2c(SCc3cc(=O)n4ccccc4n3)nc3ccc(Br)cc3c2=O)cc1. The van der Waals surface area contributed by atoms with Crippen molar-refractivity contribution in [2.75, 3.05) is 20.3 Å². The summed E-state index contributed by atoms with van der Waals surface area (Å²) in [6.45, 7) is 1.11. The second-order valence-corrected chi connectivity index (χ2v) is 10.6. The smallest absolute Gasteiger partial charge is 0.262 e. The highest BCUT2D eigenvalue weighted by atomic mass is 79.9. The lowest BCUT2D eigenvalue weighted by atomic mass is 10.1. The van der Waals surface area contributed by atoms with E-state index in [1.807, 2.05) is 24.3 Å². The van der Waals surface area contributed by atoms with Crippen molar-refractivity contribution in [3.8, 4) is 0 Å². The van der Waals surface area contributed by atoms with E-state index in [2.05, 4.69) is 26.2 Å². The fraction of sp³-hybridized carbons (Fsp3) is 0.179. The van der Waals surface area contributed by atoms with Crippen molar-refractivity contribution in [1.29, 1.82) is 0 Å². The molecule has 3 heterocycles. The van der Waals surface area contributed by atoms with Crippen LogP contribution in [0.2, 0.25) is 0 Å². The van der Waals surface area contributed by atoms with E-state index in [0.717, 1.165) is 10.0 Å². The Morgan fingerprint density at radius 2 is 1.87 bits per heavy atom. The maximum atomic E-state index is 13.6. The minimum atomic E-state index is -0.192. The predicted molar refractivity (Wildman–Crippen MR) is 154 cm³/mol. The first-order valence-electron chi connectivity index (χ1n) is 12.1. The van der Waals surface area contributed by atoms with E-state index in [0.29, 0.717) is 51.9 Å². The third-order valence-corrected chi connectivity index (χ3v) is 7.51. The molecule has 0 bridgehead atoms. The normalized spacial score (nSPS) is 11.2. The van der Waals surface area contributed by atoms with Gasteiger partial charge in [0.25, 0.3) is 17.0 Å². The molecular formula is C28H24BrN5O4S. The van der Waals surface area contributed by atoms with Crippen molar-refractivity contribution in [2.24, 2.45) is 0 Å². The molecule has 2 aromatic carbocycles. The summed E-state index contributed by atoms with van der Waals surface area (Å²) in [6.07, 6.45) is 1.68. The van der Waals surface area contributed by atoms with Crippen LogP contribution in [0.4, 0.5) is 0 Å². The molecule has 5 rings (SSSR count). The standard InChI is InChI=1S/C28H24BrN5O4S/c1-38-13-11-30-26(36)19-7-5-18(6-8-19)16-34-27(37)22-14-20(29)9-10-23(22)32-28(34)39-17-21-15-25(35)33-12-3-2-4-24(33)31-21/h2-10,12,14-15H,11,13,16-17H2,1H3,(H,30,36). The summed E-state index contributed by atoms with van der Waals surface area (Å²) in [4.78, 5) is 47.8. The van der Waals surface area contributed by atoms with Crippen LogP contribution in [0.25, 0.3) is 16.6 Å². The Hall–Kier alpha value is -3.80. The zero-order valence-electron chi connectivity index (χ0n) is 21.0. The molecule has 0 radical (unpaired) electrons. The molecular weight excluding hydrogens is 582 g/mol. The van der Waals surface area contributed by atoms with Crippen molar-refractivity contribution in [3.63, 3.8) is 0 Å². The van der Waals surface area contributed by atoms with Gasteiger partial charge in [-0.1, -0.05) is 45.9 Å². The fourth-order valence-corrected chi connectivity index (χ4v) is 5.30. The van der Waals surface area contributed by atoms with Gasteiger partial charge in [-0.15, -0.1) is 0 Å². The first-order valence-corrected chi connectivity index (χ1v) is 13.9. The first-order chi connectivity index (χ1) is 18.9. The number of amides is 1. The molecule has 1 N–H and O–H groups in total. The summed E-state index contributed by atoms with van der Waals surface area (Å²) in [7, 11) is 1.58. The summed E-state index contributed by atoms with van der Waals surface area (Å²) in [5, 5.41) is 3.79. The number of thioether (sulfide) groups is 1. The minimum Gasteiger partial charge on any atom is -0.383 e. The lowest BCUT2D eigenvalue weighted by molar-refractivity contribution is 0.0937. The van der Waals surface area contributed by atoms with Crippen LogP contribution < -0.4 is 16.4 Å². The lowest BCUT2D eigenvalue weighted by Crippen LogP contribution is -2.27. The van der Waals surface area contributed by atoms with Crippen LogP contribution in [0, 0.1) is 0 Å². The molecule has 3 aromatic heterocycles. The van der Waals surface area contributed by atoms with Crippen molar-refractivity contribution in [3.05, 3.63) is 115 Å². The van der Waals surface area contributed by atoms with Gasteiger partial charge < -0.3 is 10.1 Å². The number of methoxy groups -OCH3 is 1. The van der Waals surface area contributed by atoms with Gasteiger partial charge in [0.15, 0.2) is 5.16 Å². The third-order valence-electron chi connectivity index (χ3n) is 6.00. The van der Waals surface area contributed by atoms with Crippen molar-refractivity contribution in [1.82, 2.24) is 24.3 Å². The quantitative estimate of drug-likeness (QED) is 0.154. The van der Waals surface area contributed by atoms with Gasteiger partial charge in [0.05, 0.1) is 29.7 Å². The summed E-state index contributed by atoms with van der Waals surface area (Å²) < 4.78 is 8.85. The minimum absolute atomic E-state index is 0.170. The number of hydrogen-bond donors (Lipinski definition) is 1. The topological polar surface area (TPSA) is 108 Å². The molecule has 5 aromatic rings. The summed E-state index contributed by atoms with van der Waals surface area (Å²) in [5.74, 6) is 0.165. The van der Waals surface area contributed by atoms with Crippen LogP contribution in [0.3, 0.4) is 0 Å². The summed E-state index contributed by atoms with van der Waals surface area (Å²) in [6, 6.07) is 19.4. The molecule has 1 amide bonds. The number of nitrogens with zero attached hydrogens (tertiary/aromatic N) is 4. The Morgan fingerprint density at radius 1 is 1.05 bits per heavy atom. The van der Waals surface area contributed by atoms with Gasteiger partial charge in [-0.3, -0.25) is 23.4 Å². The van der Waals surface area contributed by atoms with Gasteiger partial charge in [0.1, 0.15) is 5.65 Å². The van der Waals surface area contributed by atoms with Gasteiger partial charge in [-0.05, 0) is 48.0 Å². The fourth-order valence-electron chi connectivity index (χ4n) is 4.05. The van der Waals surface area contributed by atoms with Crippen LogP contribution in [0.5, 0.6) is 0 Å². The lowest BCUT2D eigenvalue weighted by Gasteiger charge is -2.14. The molecule has 198 valence electrons. The van der Waals surface area contributed by atoms with Crippen LogP contribution in [-0.2, 0) is 17.0 Å². The largest absolute Gasteiger partial charge is 0.383 e. The zero-order chi connectivity index (χ0) is 27.4. The molecule has 39 heavy (non-hydrogen) atoms. The number of rotatable bonds is 9. The predicted octanol–water partition coefficient (Wildman–Crippen LogP) is 3.88. The molecule has 0 fully saturated rings. The molecule has 0 unspecified atom stereocenters. The number of benzene rings is 2. The third kappa shape index (κ3) is 6.11. The van der Waals surface area contributed by atoms with E-state index in [-0.39, 0.29) is 23.6 Å². The molecule has 0 saturated heterocycles. The number of hydrogen-bond acceptors (Lipinski definition) is 7. The van der Waals surface area contributed by atoms with Crippen LogP contribution in [0.15, 0.2) is 92.1 Å². The second kappa shape index (κ2) is 11.9. The Morgan fingerprint density at radius 3 is 2.67 bits per heavy atom. The number of pyridine rings is 1. The van der Waals surface area contributed by atoms with Crippen LogP contribution in [0.1, 0.15) is 21.6 Å². The van der Waals surface area contributed by atoms with E-state index < -0.39 is 0 Å². The van der Waals surface area contributed by atoms with E-state index in [1.54, 1.807) is 54.3 Å². The Balaban J connectivity index is 1.45. The summed E-state index contributed by atoms with van der Waals surface area (Å²) in [5.41, 5.74) is 2.73. The monoisotopic (exact) mass is 605 g/mol. The van der Waals surface area contributed by atoms with Crippen molar-refractivity contribution >= 4 is 50.1 Å². The Bertz CT molecular complexity index is 1790. The first kappa shape index (κ1) is 26.8. The highest BCUT2D eigenvalue weighted by molar-refractivity contribution is 9.10. The van der Waals surface area contributed by atoms with Gasteiger partial charge in [-0.2, -0.15) is 0 Å². The second-order valence-electron chi connectivity index (χ2n) is 8.70. The highest BCUT2D eigenvalue weighted by Gasteiger charge is 2.14. The van der Waals surface area contributed by atoms with Gasteiger partial charge >= 0.3 is 0 Å². The summed E-state index contributed by atoms with van der Waals surface area (Å²) >= 11 is 4.78. The number of nitrogens with one attached hydrogen (secondary N) is 1. The number of carbonyl (C=O) groups is 1. The maximum Gasteiger partial charge on any atom is 0.262 e. The number of fused-ring (bicyclic) bond motifs is 2. The highest BCUT2D eigenvalue weighted by Crippen LogP contribution is 2.24. The number of halogens is 1. The number of carbonyl (C=O) groups excluding carboxylic acids is 1. The Kier molecular flexibility index (Phi) is 8.20. The molecule has 0 aliphatic carbocycles. The molecule has 0 aliphatic heterocycles. The zero-order valence-corrected chi connectivity index (χ0v) is 23.4. The van der Waals surface area contributed by atoms with E-state index in [1.165, 1.54) is 22.2 Å². The van der Waals surface area contributed by atoms with Gasteiger partial charge in [-0.25, -0.2) is 9.97 Å². The van der Waals surface area contributed by atoms with Gasteiger partial charge in [0, 0.05) is 41.7 Å². The number of ether oxygens (including phenoxy) is 1. The Labute approximate surface area is 236 Å². The average Bonchev–Trinajstić information content (AvgIpc) is 2.94. The number of aromatic nitrogens is 4. The van der Waals surface area contributed by atoms with Gasteiger partial charge in [0.2, 0.25) is 0 Å². The molecule has 0 aliphatic rings. The van der Waals surface area contributed by atoms with E-state index in [4.69, 9.17) is 9.72 Å². The van der Waals surface area contributed by atoms with E-state index >= 15 is 0 Å². The van der Waals surface area contributed by atoms with Crippen molar-refractivity contribution < 1.29 is 9.53 Å². The maximum absolute atomic E-state index is 13.6. The average molecular weight is 607 g/mol. The molecule has 0 atom stereocenters. The molecule has 0 saturated carbocycles.